The Hall–Kier alpha value is -2.54. The Kier molecular flexibility index (Phi) is 4.90. The number of hydrogen-bond acceptors (Lipinski definition) is 3. The van der Waals surface area contributed by atoms with Gasteiger partial charge in [0, 0.05) is 11.6 Å². The van der Waals surface area contributed by atoms with Crippen LogP contribution >= 0.6 is 0 Å². The molecule has 0 aliphatic carbocycles. The molecule has 0 unspecified atom stereocenters. The lowest BCUT2D eigenvalue weighted by molar-refractivity contribution is -0.274. The summed E-state index contributed by atoms with van der Waals surface area (Å²) in [7, 11) is 0. The monoisotopic (exact) mass is 325 g/mol. The van der Waals surface area contributed by atoms with E-state index >= 15 is 0 Å². The van der Waals surface area contributed by atoms with Gasteiger partial charge in [-0.15, -0.1) is 13.2 Å². The van der Waals surface area contributed by atoms with E-state index in [0.29, 0.717) is 11.1 Å². The Morgan fingerprint density at radius 1 is 1.17 bits per heavy atom. The van der Waals surface area contributed by atoms with Gasteiger partial charge in [-0.1, -0.05) is 36.4 Å². The van der Waals surface area contributed by atoms with E-state index in [1.54, 1.807) is 30.3 Å². The van der Waals surface area contributed by atoms with Crippen LogP contribution in [0.1, 0.15) is 18.0 Å². The minimum atomic E-state index is -4.80. The van der Waals surface area contributed by atoms with Gasteiger partial charge in [0.05, 0.1) is 6.42 Å². The van der Waals surface area contributed by atoms with Crippen molar-refractivity contribution in [3.8, 4) is 16.9 Å². The van der Waals surface area contributed by atoms with Crippen molar-refractivity contribution in [2.24, 2.45) is 5.73 Å². The molecule has 0 aliphatic heterocycles. The summed E-state index contributed by atoms with van der Waals surface area (Å²) in [6, 6.07) is 11.4. The van der Waals surface area contributed by atoms with Crippen LogP contribution in [0.15, 0.2) is 48.5 Å². The first-order valence-electron chi connectivity index (χ1n) is 6.69. The Balaban J connectivity index is 2.38. The van der Waals surface area contributed by atoms with Crippen LogP contribution in [0.4, 0.5) is 13.2 Å². The van der Waals surface area contributed by atoms with Crippen LogP contribution in [0.25, 0.3) is 11.1 Å². The molecule has 122 valence electrons. The van der Waals surface area contributed by atoms with Crippen molar-refractivity contribution < 1.29 is 27.8 Å². The summed E-state index contributed by atoms with van der Waals surface area (Å²) in [5.74, 6) is -1.38. The summed E-state index contributed by atoms with van der Waals surface area (Å²) in [6.45, 7) is 0. The molecule has 0 fully saturated rings. The molecule has 0 bridgehead atoms. The molecule has 7 heteroatoms. The summed E-state index contributed by atoms with van der Waals surface area (Å²) in [5.41, 5.74) is 7.02. The number of nitrogens with two attached hydrogens (primary N) is 1. The van der Waals surface area contributed by atoms with Gasteiger partial charge in [-0.2, -0.15) is 0 Å². The number of carbonyl (C=O) groups is 1. The van der Waals surface area contributed by atoms with Crippen molar-refractivity contribution in [3.63, 3.8) is 0 Å². The summed E-state index contributed by atoms with van der Waals surface area (Å²) in [4.78, 5) is 10.7. The minimum Gasteiger partial charge on any atom is -0.481 e. The molecule has 0 saturated carbocycles. The number of carboxylic acids is 1. The molecular formula is C16H14F3NO3. The normalized spacial score (nSPS) is 12.7. The third kappa shape index (κ3) is 4.72. The number of para-hydroxylation sites is 1. The molecule has 0 aromatic heterocycles. The average Bonchev–Trinajstić information content (AvgIpc) is 2.45. The zero-order chi connectivity index (χ0) is 17.0. The third-order valence-corrected chi connectivity index (χ3v) is 3.13. The highest BCUT2D eigenvalue weighted by Gasteiger charge is 2.32. The number of alkyl halides is 3. The molecular weight excluding hydrogens is 311 g/mol. The fourth-order valence-electron chi connectivity index (χ4n) is 2.16. The third-order valence-electron chi connectivity index (χ3n) is 3.13. The van der Waals surface area contributed by atoms with Gasteiger partial charge >= 0.3 is 12.3 Å². The molecule has 0 spiro atoms. The number of halogens is 3. The molecule has 0 radical (unpaired) electrons. The van der Waals surface area contributed by atoms with Crippen molar-refractivity contribution in [1.82, 2.24) is 0 Å². The number of carboxylic acid groups (broad SMARTS) is 1. The largest absolute Gasteiger partial charge is 0.573 e. The lowest BCUT2D eigenvalue weighted by atomic mass is 9.98. The zero-order valence-corrected chi connectivity index (χ0v) is 11.9. The van der Waals surface area contributed by atoms with Gasteiger partial charge in [-0.25, -0.2) is 0 Å². The van der Waals surface area contributed by atoms with Crippen LogP contribution in [-0.4, -0.2) is 17.4 Å². The van der Waals surface area contributed by atoms with E-state index in [1.807, 2.05) is 0 Å². The van der Waals surface area contributed by atoms with Gasteiger partial charge in [0.2, 0.25) is 0 Å². The number of hydrogen-bond donors (Lipinski definition) is 2. The molecule has 0 saturated heterocycles. The van der Waals surface area contributed by atoms with Gasteiger partial charge in [0.15, 0.2) is 0 Å². The SMILES string of the molecule is N[C@@H](CC(=O)O)c1cccc(-c2ccccc2OC(F)(F)F)c1. The van der Waals surface area contributed by atoms with Crippen molar-refractivity contribution >= 4 is 5.97 Å². The van der Waals surface area contributed by atoms with E-state index in [4.69, 9.17) is 10.8 Å². The molecule has 0 aliphatic rings. The molecule has 2 rings (SSSR count). The minimum absolute atomic E-state index is 0.245. The van der Waals surface area contributed by atoms with Crippen LogP contribution in [-0.2, 0) is 4.79 Å². The Morgan fingerprint density at radius 3 is 2.52 bits per heavy atom. The van der Waals surface area contributed by atoms with E-state index in [-0.39, 0.29) is 17.7 Å². The topological polar surface area (TPSA) is 72.6 Å². The van der Waals surface area contributed by atoms with E-state index in [9.17, 15) is 18.0 Å². The highest BCUT2D eigenvalue weighted by Crippen LogP contribution is 2.34. The zero-order valence-electron chi connectivity index (χ0n) is 11.9. The van der Waals surface area contributed by atoms with Crippen molar-refractivity contribution in [2.45, 2.75) is 18.8 Å². The number of benzene rings is 2. The first kappa shape index (κ1) is 16.8. The lowest BCUT2D eigenvalue weighted by Crippen LogP contribution is -2.17. The Bertz CT molecular complexity index is 701. The molecule has 1 atom stereocenters. The van der Waals surface area contributed by atoms with E-state index < -0.39 is 18.4 Å². The highest BCUT2D eigenvalue weighted by atomic mass is 19.4. The summed E-state index contributed by atoms with van der Waals surface area (Å²) < 4.78 is 41.5. The molecule has 23 heavy (non-hydrogen) atoms. The second-order valence-electron chi connectivity index (χ2n) is 4.87. The smallest absolute Gasteiger partial charge is 0.481 e. The first-order chi connectivity index (χ1) is 10.8. The fourth-order valence-corrected chi connectivity index (χ4v) is 2.16. The van der Waals surface area contributed by atoms with Crippen LogP contribution in [0.5, 0.6) is 5.75 Å². The maximum absolute atomic E-state index is 12.5. The van der Waals surface area contributed by atoms with E-state index in [1.165, 1.54) is 18.2 Å². The molecule has 2 aromatic rings. The van der Waals surface area contributed by atoms with Crippen LogP contribution in [0.2, 0.25) is 0 Å². The van der Waals surface area contributed by atoms with Gasteiger partial charge in [0.1, 0.15) is 5.75 Å². The highest BCUT2D eigenvalue weighted by molar-refractivity contribution is 5.72. The van der Waals surface area contributed by atoms with Crippen molar-refractivity contribution in [1.29, 1.82) is 0 Å². The second-order valence-corrected chi connectivity index (χ2v) is 4.87. The maximum atomic E-state index is 12.5. The summed E-state index contributed by atoms with van der Waals surface area (Å²) in [6.07, 6.45) is -5.07. The Labute approximate surface area is 130 Å². The predicted molar refractivity (Wildman–Crippen MR) is 77.7 cm³/mol. The first-order valence-corrected chi connectivity index (χ1v) is 6.69. The van der Waals surface area contributed by atoms with E-state index in [2.05, 4.69) is 4.74 Å². The summed E-state index contributed by atoms with van der Waals surface area (Å²) >= 11 is 0. The maximum Gasteiger partial charge on any atom is 0.573 e. The van der Waals surface area contributed by atoms with Crippen LogP contribution < -0.4 is 10.5 Å². The number of ether oxygens (including phenoxy) is 1. The second kappa shape index (κ2) is 6.70. The number of rotatable bonds is 5. The van der Waals surface area contributed by atoms with Crippen LogP contribution in [0, 0.1) is 0 Å². The average molecular weight is 325 g/mol. The fraction of sp³-hybridized carbons (Fsp3) is 0.188. The van der Waals surface area contributed by atoms with Gasteiger partial charge in [-0.3, -0.25) is 4.79 Å². The van der Waals surface area contributed by atoms with Gasteiger partial charge in [0.25, 0.3) is 0 Å². The standard InChI is InChI=1S/C16H14F3NO3/c17-16(18,19)23-14-7-2-1-6-12(14)10-4-3-5-11(8-10)13(20)9-15(21)22/h1-8,13H,9,20H2,(H,21,22)/t13-/m0/s1. The molecule has 0 heterocycles. The molecule has 0 amide bonds. The summed E-state index contributed by atoms with van der Waals surface area (Å²) in [5, 5.41) is 8.78. The lowest BCUT2D eigenvalue weighted by Gasteiger charge is -2.15. The van der Waals surface area contributed by atoms with Crippen molar-refractivity contribution in [2.75, 3.05) is 0 Å². The predicted octanol–water partition coefficient (Wildman–Crippen LogP) is 3.73. The number of aliphatic carboxylic acids is 1. The quantitative estimate of drug-likeness (QED) is 0.878. The van der Waals surface area contributed by atoms with Gasteiger partial charge in [-0.05, 0) is 23.3 Å². The van der Waals surface area contributed by atoms with Crippen molar-refractivity contribution in [3.05, 3.63) is 54.1 Å². The van der Waals surface area contributed by atoms with Gasteiger partial charge < -0.3 is 15.6 Å². The molecule has 4 nitrogen and oxygen atoms in total. The van der Waals surface area contributed by atoms with E-state index in [0.717, 1.165) is 0 Å². The molecule has 2 aromatic carbocycles. The van der Waals surface area contributed by atoms with Crippen LogP contribution in [0.3, 0.4) is 0 Å². The Morgan fingerprint density at radius 2 is 1.87 bits per heavy atom. The molecule has 3 N–H and O–H groups in total.